The Bertz CT molecular complexity index is 341. The van der Waals surface area contributed by atoms with Crippen molar-refractivity contribution in [2.45, 2.75) is 52.7 Å². The van der Waals surface area contributed by atoms with E-state index in [0.29, 0.717) is 11.5 Å². The summed E-state index contributed by atoms with van der Waals surface area (Å²) in [4.78, 5) is 16.5. The lowest BCUT2D eigenvalue weighted by molar-refractivity contribution is -0.152. The molecule has 1 spiro atoms. The normalized spacial score (nSPS) is 23.2. The number of carbonyl (C=O) groups excluding carboxylic acids is 1. The van der Waals surface area contributed by atoms with E-state index in [1.807, 2.05) is 25.7 Å². The number of ether oxygens (including phenoxy) is 1. The number of rotatable bonds is 3. The molecule has 2 aliphatic rings. The summed E-state index contributed by atoms with van der Waals surface area (Å²) in [6, 6.07) is 0.619. The zero-order chi connectivity index (χ0) is 14.3. The van der Waals surface area contributed by atoms with E-state index in [-0.39, 0.29) is 18.1 Å². The Morgan fingerprint density at radius 2 is 1.89 bits per heavy atom. The smallest absolute Gasteiger partial charge is 0.248 e. The topological polar surface area (TPSA) is 32.8 Å². The van der Waals surface area contributed by atoms with Crippen LogP contribution in [0, 0.1) is 5.41 Å². The van der Waals surface area contributed by atoms with Gasteiger partial charge in [0.1, 0.15) is 6.61 Å². The molecule has 0 unspecified atom stereocenters. The third-order valence-electron chi connectivity index (χ3n) is 4.23. The van der Waals surface area contributed by atoms with Crippen LogP contribution in [0.3, 0.4) is 0 Å². The zero-order valence-corrected chi connectivity index (χ0v) is 13.0. The minimum Gasteiger partial charge on any atom is -0.366 e. The lowest BCUT2D eigenvalue weighted by atomic mass is 9.79. The lowest BCUT2D eigenvalue weighted by Gasteiger charge is -2.48. The highest BCUT2D eigenvalue weighted by atomic mass is 16.5. The van der Waals surface area contributed by atoms with Crippen LogP contribution in [0.15, 0.2) is 0 Å². The minimum atomic E-state index is -0.236. The molecule has 0 saturated carbocycles. The van der Waals surface area contributed by atoms with Crippen LogP contribution in [-0.2, 0) is 9.53 Å². The third kappa shape index (κ3) is 3.48. The maximum Gasteiger partial charge on any atom is 0.248 e. The molecule has 0 aromatic carbocycles. The number of nitrogens with zero attached hydrogens (tertiary/aromatic N) is 2. The fourth-order valence-corrected chi connectivity index (χ4v) is 2.98. The quantitative estimate of drug-likeness (QED) is 0.781. The highest BCUT2D eigenvalue weighted by Gasteiger charge is 2.49. The number of amides is 1. The van der Waals surface area contributed by atoms with Gasteiger partial charge in [0.25, 0.3) is 0 Å². The molecule has 0 radical (unpaired) electrons. The summed E-state index contributed by atoms with van der Waals surface area (Å²) >= 11 is 0. The summed E-state index contributed by atoms with van der Waals surface area (Å²) in [5, 5.41) is 0. The van der Waals surface area contributed by atoms with Gasteiger partial charge in [0.2, 0.25) is 5.91 Å². The molecule has 2 aliphatic heterocycles. The minimum absolute atomic E-state index is 0.142. The summed E-state index contributed by atoms with van der Waals surface area (Å²) < 4.78 is 5.56. The molecule has 19 heavy (non-hydrogen) atoms. The highest BCUT2D eigenvalue weighted by molar-refractivity contribution is 5.78. The lowest BCUT2D eigenvalue weighted by Crippen LogP contribution is -2.60. The van der Waals surface area contributed by atoms with Gasteiger partial charge >= 0.3 is 0 Å². The second-order valence-electron chi connectivity index (χ2n) is 7.47. The number of carbonyl (C=O) groups is 1. The average Bonchev–Trinajstić information content (AvgIpc) is 2.67. The van der Waals surface area contributed by atoms with Crippen molar-refractivity contribution in [3.05, 3.63) is 0 Å². The van der Waals surface area contributed by atoms with Crippen molar-refractivity contribution >= 4 is 5.91 Å². The predicted octanol–water partition coefficient (Wildman–Crippen LogP) is 1.74. The summed E-state index contributed by atoms with van der Waals surface area (Å²) in [5.74, 6) is 0.142. The molecule has 4 heteroatoms. The van der Waals surface area contributed by atoms with Crippen molar-refractivity contribution in [3.63, 3.8) is 0 Å². The van der Waals surface area contributed by atoms with Crippen LogP contribution in [0.2, 0.25) is 0 Å². The Kier molecular flexibility index (Phi) is 3.94. The Morgan fingerprint density at radius 1 is 1.26 bits per heavy atom. The van der Waals surface area contributed by atoms with Crippen molar-refractivity contribution in [2.75, 3.05) is 32.8 Å². The molecule has 0 aromatic heterocycles. The monoisotopic (exact) mass is 268 g/mol. The third-order valence-corrected chi connectivity index (χ3v) is 4.23. The van der Waals surface area contributed by atoms with E-state index in [4.69, 9.17) is 4.74 Å². The van der Waals surface area contributed by atoms with Gasteiger partial charge in [-0.05, 0) is 47.6 Å². The van der Waals surface area contributed by atoms with Crippen molar-refractivity contribution in [1.82, 2.24) is 9.80 Å². The first-order valence-corrected chi connectivity index (χ1v) is 7.37. The summed E-state index contributed by atoms with van der Waals surface area (Å²) in [7, 11) is 0. The standard InChI is InChI=1S/C15H28N2O2/c1-12(2)16-7-6-15(9-16)10-17(11-15)13(18)8-19-14(3,4)5/h12H,6-11H2,1-5H3. The largest absolute Gasteiger partial charge is 0.366 e. The van der Waals surface area contributed by atoms with Crippen LogP contribution in [0.4, 0.5) is 0 Å². The van der Waals surface area contributed by atoms with Crippen LogP contribution in [0.1, 0.15) is 41.0 Å². The number of hydrogen-bond acceptors (Lipinski definition) is 3. The average molecular weight is 268 g/mol. The SMILES string of the molecule is CC(C)N1CCC2(CN(C(=O)COC(C)(C)C)C2)C1. The number of likely N-dealkylation sites (tertiary alicyclic amines) is 2. The van der Waals surface area contributed by atoms with E-state index in [0.717, 1.165) is 19.6 Å². The Balaban J connectivity index is 1.76. The van der Waals surface area contributed by atoms with E-state index in [2.05, 4.69) is 18.7 Å². The first-order chi connectivity index (χ1) is 8.71. The first-order valence-electron chi connectivity index (χ1n) is 7.37. The van der Waals surface area contributed by atoms with Crippen LogP contribution in [0.5, 0.6) is 0 Å². The molecular formula is C15H28N2O2. The van der Waals surface area contributed by atoms with Gasteiger partial charge in [-0.1, -0.05) is 0 Å². The van der Waals surface area contributed by atoms with Crippen LogP contribution in [-0.4, -0.2) is 60.1 Å². The maximum atomic E-state index is 12.0. The molecule has 110 valence electrons. The van der Waals surface area contributed by atoms with Crippen molar-refractivity contribution in [3.8, 4) is 0 Å². The summed E-state index contributed by atoms with van der Waals surface area (Å²) in [6.07, 6.45) is 1.23. The van der Waals surface area contributed by atoms with Gasteiger partial charge in [0.05, 0.1) is 5.60 Å². The van der Waals surface area contributed by atoms with Gasteiger partial charge in [0.15, 0.2) is 0 Å². The molecule has 2 saturated heterocycles. The van der Waals surface area contributed by atoms with E-state index < -0.39 is 0 Å². The number of hydrogen-bond donors (Lipinski definition) is 0. The molecule has 0 aromatic rings. The van der Waals surface area contributed by atoms with Gasteiger partial charge < -0.3 is 14.5 Å². The van der Waals surface area contributed by atoms with E-state index >= 15 is 0 Å². The van der Waals surface area contributed by atoms with Crippen LogP contribution in [0.25, 0.3) is 0 Å². The van der Waals surface area contributed by atoms with E-state index in [1.165, 1.54) is 13.0 Å². The molecule has 0 aliphatic carbocycles. The maximum absolute atomic E-state index is 12.0. The highest BCUT2D eigenvalue weighted by Crippen LogP contribution is 2.40. The van der Waals surface area contributed by atoms with Crippen LogP contribution < -0.4 is 0 Å². The molecule has 4 nitrogen and oxygen atoms in total. The van der Waals surface area contributed by atoms with Gasteiger partial charge in [0, 0.05) is 31.1 Å². The fourth-order valence-electron chi connectivity index (χ4n) is 2.98. The molecule has 2 heterocycles. The molecule has 0 N–H and O–H groups in total. The second-order valence-corrected chi connectivity index (χ2v) is 7.47. The van der Waals surface area contributed by atoms with Crippen molar-refractivity contribution in [2.24, 2.45) is 5.41 Å². The molecule has 0 bridgehead atoms. The Morgan fingerprint density at radius 3 is 2.37 bits per heavy atom. The summed E-state index contributed by atoms with van der Waals surface area (Å²) in [6.45, 7) is 14.8. The molecule has 1 amide bonds. The van der Waals surface area contributed by atoms with Gasteiger partial charge in [-0.2, -0.15) is 0 Å². The Hall–Kier alpha value is -0.610. The molecule has 2 fully saturated rings. The van der Waals surface area contributed by atoms with Crippen molar-refractivity contribution in [1.29, 1.82) is 0 Å². The molecular weight excluding hydrogens is 240 g/mol. The Labute approximate surface area is 117 Å². The van der Waals surface area contributed by atoms with Gasteiger partial charge in [-0.3, -0.25) is 4.79 Å². The molecule has 0 atom stereocenters. The van der Waals surface area contributed by atoms with E-state index in [9.17, 15) is 4.79 Å². The second kappa shape index (κ2) is 5.06. The predicted molar refractivity (Wildman–Crippen MR) is 76.0 cm³/mol. The van der Waals surface area contributed by atoms with Gasteiger partial charge in [-0.15, -0.1) is 0 Å². The molecule has 2 rings (SSSR count). The van der Waals surface area contributed by atoms with E-state index in [1.54, 1.807) is 0 Å². The van der Waals surface area contributed by atoms with Gasteiger partial charge in [-0.25, -0.2) is 0 Å². The zero-order valence-electron chi connectivity index (χ0n) is 13.0. The fraction of sp³-hybridized carbons (Fsp3) is 0.933. The van der Waals surface area contributed by atoms with Crippen LogP contribution >= 0.6 is 0 Å². The first kappa shape index (κ1) is 14.8. The van der Waals surface area contributed by atoms with Crippen molar-refractivity contribution < 1.29 is 9.53 Å². The summed E-state index contributed by atoms with van der Waals surface area (Å²) in [5.41, 5.74) is 0.141.